The van der Waals surface area contributed by atoms with E-state index < -0.39 is 15.9 Å². The number of hydrogen-bond acceptors (Lipinski definition) is 3. The molecule has 0 heterocycles. The first-order chi connectivity index (χ1) is 10.9. The van der Waals surface area contributed by atoms with Crippen molar-refractivity contribution >= 4 is 21.6 Å². The highest BCUT2D eigenvalue weighted by molar-refractivity contribution is 7.88. The smallest absolute Gasteiger partial charge is 0.239 e. The van der Waals surface area contributed by atoms with Crippen LogP contribution < -0.4 is 5.32 Å². The zero-order valence-electron chi connectivity index (χ0n) is 13.3. The van der Waals surface area contributed by atoms with E-state index in [1.807, 2.05) is 0 Å². The second-order valence-electron chi connectivity index (χ2n) is 6.01. The molecule has 1 aromatic carbocycles. The molecule has 7 heteroatoms. The molecule has 0 aliphatic heterocycles. The molecule has 23 heavy (non-hydrogen) atoms. The molecule has 1 aliphatic rings. The summed E-state index contributed by atoms with van der Waals surface area (Å²) in [6.45, 7) is -0.207. The molecule has 1 amide bonds. The first-order valence-corrected chi connectivity index (χ1v) is 9.73. The van der Waals surface area contributed by atoms with E-state index in [1.165, 1.54) is 28.6 Å². The molecule has 1 aromatic rings. The number of halogens is 1. The minimum atomic E-state index is -3.46. The summed E-state index contributed by atoms with van der Waals surface area (Å²) in [6, 6.07) is 5.27. The summed E-state index contributed by atoms with van der Waals surface area (Å²) in [5.74, 6) is -0.800. The number of nitrogens with zero attached hydrogens (tertiary/aromatic N) is 1. The van der Waals surface area contributed by atoms with Crippen LogP contribution in [-0.2, 0) is 14.8 Å². The average molecular weight is 342 g/mol. The van der Waals surface area contributed by atoms with Gasteiger partial charge in [0.05, 0.1) is 12.8 Å². The van der Waals surface area contributed by atoms with E-state index in [9.17, 15) is 17.6 Å². The Balaban J connectivity index is 2.04. The van der Waals surface area contributed by atoms with Gasteiger partial charge in [0.15, 0.2) is 0 Å². The Bertz CT molecular complexity index is 623. The van der Waals surface area contributed by atoms with Gasteiger partial charge in [0.2, 0.25) is 15.9 Å². The maximum atomic E-state index is 12.9. The summed E-state index contributed by atoms with van der Waals surface area (Å²) in [5.41, 5.74) is 0.450. The van der Waals surface area contributed by atoms with Crippen LogP contribution in [0.4, 0.5) is 10.1 Å². The SMILES string of the molecule is CS(=O)(=O)N(CC(=O)Nc1ccc(F)cc1)C1CCCCCC1. The van der Waals surface area contributed by atoms with Crippen molar-refractivity contribution in [1.82, 2.24) is 4.31 Å². The summed E-state index contributed by atoms with van der Waals surface area (Å²) in [4.78, 5) is 12.2. The number of hydrogen-bond donors (Lipinski definition) is 1. The monoisotopic (exact) mass is 342 g/mol. The molecule has 5 nitrogen and oxygen atoms in total. The molecule has 1 aliphatic carbocycles. The first kappa shape index (κ1) is 17.9. The highest BCUT2D eigenvalue weighted by Gasteiger charge is 2.29. The van der Waals surface area contributed by atoms with Gasteiger partial charge in [-0.15, -0.1) is 0 Å². The minimum absolute atomic E-state index is 0.119. The quantitative estimate of drug-likeness (QED) is 0.837. The Morgan fingerprint density at radius 1 is 1.17 bits per heavy atom. The third-order valence-electron chi connectivity index (χ3n) is 4.09. The Kier molecular flexibility index (Phi) is 6.12. The largest absolute Gasteiger partial charge is 0.325 e. The van der Waals surface area contributed by atoms with Crippen molar-refractivity contribution in [1.29, 1.82) is 0 Å². The predicted molar refractivity (Wildman–Crippen MR) is 88.1 cm³/mol. The van der Waals surface area contributed by atoms with Crippen LogP contribution in [-0.4, -0.2) is 37.5 Å². The zero-order chi connectivity index (χ0) is 16.9. The van der Waals surface area contributed by atoms with Gasteiger partial charge in [0.1, 0.15) is 5.82 Å². The molecule has 1 N–H and O–H groups in total. The lowest BCUT2D eigenvalue weighted by molar-refractivity contribution is -0.116. The fraction of sp³-hybridized carbons (Fsp3) is 0.562. The second kappa shape index (κ2) is 7.88. The van der Waals surface area contributed by atoms with Gasteiger partial charge in [-0.2, -0.15) is 4.31 Å². The Labute approximate surface area is 136 Å². The van der Waals surface area contributed by atoms with Gasteiger partial charge in [-0.1, -0.05) is 25.7 Å². The van der Waals surface area contributed by atoms with Crippen molar-refractivity contribution in [3.8, 4) is 0 Å². The van der Waals surface area contributed by atoms with Crippen LogP contribution in [0.2, 0.25) is 0 Å². The lowest BCUT2D eigenvalue weighted by Gasteiger charge is -2.28. The lowest BCUT2D eigenvalue weighted by atomic mass is 10.1. The minimum Gasteiger partial charge on any atom is -0.325 e. The van der Waals surface area contributed by atoms with Gasteiger partial charge < -0.3 is 5.32 Å². The molecule has 0 aromatic heterocycles. The molecule has 0 bridgehead atoms. The van der Waals surface area contributed by atoms with E-state index in [0.717, 1.165) is 44.8 Å². The van der Waals surface area contributed by atoms with Crippen molar-refractivity contribution in [2.75, 3.05) is 18.1 Å². The molecule has 0 saturated heterocycles. The zero-order valence-corrected chi connectivity index (χ0v) is 14.1. The molecule has 1 saturated carbocycles. The van der Waals surface area contributed by atoms with E-state index in [-0.39, 0.29) is 18.4 Å². The van der Waals surface area contributed by atoms with Crippen molar-refractivity contribution in [3.63, 3.8) is 0 Å². The third kappa shape index (κ3) is 5.58. The summed E-state index contributed by atoms with van der Waals surface area (Å²) >= 11 is 0. The highest BCUT2D eigenvalue weighted by atomic mass is 32.2. The number of amides is 1. The van der Waals surface area contributed by atoms with Gasteiger partial charge >= 0.3 is 0 Å². The number of sulfonamides is 1. The predicted octanol–water partition coefficient (Wildman–Crippen LogP) is 2.75. The Hall–Kier alpha value is -1.47. The molecular formula is C16H23FN2O3S. The van der Waals surface area contributed by atoms with E-state index in [1.54, 1.807) is 0 Å². The number of anilines is 1. The summed E-state index contributed by atoms with van der Waals surface area (Å²) in [7, 11) is -3.46. The first-order valence-electron chi connectivity index (χ1n) is 7.88. The number of carbonyl (C=O) groups is 1. The van der Waals surface area contributed by atoms with Gasteiger partial charge in [0.25, 0.3) is 0 Å². The van der Waals surface area contributed by atoms with Gasteiger partial charge in [-0.3, -0.25) is 4.79 Å². The summed E-state index contributed by atoms with van der Waals surface area (Å²) in [6.07, 6.45) is 6.90. The van der Waals surface area contributed by atoms with Crippen LogP contribution >= 0.6 is 0 Å². The van der Waals surface area contributed by atoms with Crippen LogP contribution in [0.3, 0.4) is 0 Å². The normalized spacial score (nSPS) is 17.0. The lowest BCUT2D eigenvalue weighted by Crippen LogP contribution is -2.44. The topological polar surface area (TPSA) is 66.5 Å². The number of carbonyl (C=O) groups excluding carboxylic acids is 1. The van der Waals surface area contributed by atoms with Gasteiger partial charge in [-0.25, -0.2) is 12.8 Å². The fourth-order valence-corrected chi connectivity index (χ4v) is 4.04. The van der Waals surface area contributed by atoms with Crippen LogP contribution in [0.15, 0.2) is 24.3 Å². The third-order valence-corrected chi connectivity index (χ3v) is 5.36. The Morgan fingerprint density at radius 3 is 2.26 bits per heavy atom. The number of rotatable bonds is 5. The molecule has 1 fully saturated rings. The molecule has 0 unspecified atom stereocenters. The maximum Gasteiger partial charge on any atom is 0.239 e. The summed E-state index contributed by atoms with van der Waals surface area (Å²) in [5, 5.41) is 2.61. The van der Waals surface area contributed by atoms with Crippen molar-refractivity contribution in [3.05, 3.63) is 30.1 Å². The fourth-order valence-electron chi connectivity index (χ4n) is 2.94. The number of benzene rings is 1. The van der Waals surface area contributed by atoms with Crippen LogP contribution in [0.5, 0.6) is 0 Å². The van der Waals surface area contributed by atoms with Crippen LogP contribution in [0.1, 0.15) is 38.5 Å². The maximum absolute atomic E-state index is 12.9. The van der Waals surface area contributed by atoms with E-state index >= 15 is 0 Å². The average Bonchev–Trinajstić information content (AvgIpc) is 2.75. The van der Waals surface area contributed by atoms with E-state index in [2.05, 4.69) is 5.32 Å². The standard InChI is InChI=1S/C16H23FN2O3S/c1-23(21,22)19(15-6-4-2-3-5-7-15)12-16(20)18-14-10-8-13(17)9-11-14/h8-11,15H,2-7,12H2,1H3,(H,18,20). The second-order valence-corrected chi connectivity index (χ2v) is 7.94. The number of nitrogens with one attached hydrogen (secondary N) is 1. The van der Waals surface area contributed by atoms with Crippen molar-refractivity contribution in [2.24, 2.45) is 0 Å². The van der Waals surface area contributed by atoms with Crippen LogP contribution in [0, 0.1) is 5.82 Å². The molecule has 128 valence electrons. The molecule has 0 atom stereocenters. The van der Waals surface area contributed by atoms with Gasteiger partial charge in [-0.05, 0) is 37.1 Å². The van der Waals surface area contributed by atoms with Crippen molar-refractivity contribution < 1.29 is 17.6 Å². The van der Waals surface area contributed by atoms with Crippen molar-refractivity contribution in [2.45, 2.75) is 44.6 Å². The van der Waals surface area contributed by atoms with E-state index in [4.69, 9.17) is 0 Å². The van der Waals surface area contributed by atoms with Crippen LogP contribution in [0.25, 0.3) is 0 Å². The molecule has 2 rings (SSSR count). The summed E-state index contributed by atoms with van der Waals surface area (Å²) < 4.78 is 38.3. The molecular weight excluding hydrogens is 319 g/mol. The molecule has 0 radical (unpaired) electrons. The van der Waals surface area contributed by atoms with Gasteiger partial charge in [0, 0.05) is 11.7 Å². The molecule has 0 spiro atoms. The van der Waals surface area contributed by atoms with E-state index in [0.29, 0.717) is 5.69 Å². The Morgan fingerprint density at radius 2 is 1.74 bits per heavy atom. The highest BCUT2D eigenvalue weighted by Crippen LogP contribution is 2.23.